The fourth-order valence-electron chi connectivity index (χ4n) is 2.22. The largest absolute Gasteiger partial charge is 0.478 e. The number of aromatic carboxylic acids is 1. The quantitative estimate of drug-likeness (QED) is 0.839. The van der Waals surface area contributed by atoms with Crippen molar-refractivity contribution in [1.29, 1.82) is 0 Å². The molecule has 0 amide bonds. The average Bonchev–Trinajstić information content (AvgIpc) is 3.08. The molecule has 1 aromatic carbocycles. The van der Waals surface area contributed by atoms with E-state index in [-0.39, 0.29) is 5.56 Å². The van der Waals surface area contributed by atoms with E-state index in [1.54, 1.807) is 12.1 Å². The number of imidazole rings is 1. The Morgan fingerprint density at radius 3 is 2.88 bits per heavy atom. The number of rotatable bonds is 3. The first kappa shape index (κ1) is 10.3. The number of nitrogens with two attached hydrogens (primary N) is 1. The Bertz CT molecular complexity index is 599. The van der Waals surface area contributed by atoms with Crippen molar-refractivity contribution >= 4 is 17.0 Å². The molecule has 17 heavy (non-hydrogen) atoms. The molecule has 5 nitrogen and oxygen atoms in total. The molecule has 0 unspecified atom stereocenters. The summed E-state index contributed by atoms with van der Waals surface area (Å²) in [7, 11) is 0. The summed E-state index contributed by atoms with van der Waals surface area (Å²) in [4.78, 5) is 15.5. The van der Waals surface area contributed by atoms with Crippen LogP contribution in [0.3, 0.4) is 0 Å². The SMILES string of the molecule is NCc1nc2c(C(=O)O)cccc2n1C1CC1. The molecule has 0 atom stereocenters. The van der Waals surface area contributed by atoms with Crippen LogP contribution in [0.5, 0.6) is 0 Å². The lowest BCUT2D eigenvalue weighted by Gasteiger charge is -2.05. The molecule has 1 heterocycles. The highest BCUT2D eigenvalue weighted by Gasteiger charge is 2.28. The van der Waals surface area contributed by atoms with Crippen molar-refractivity contribution in [1.82, 2.24) is 9.55 Å². The number of aromatic nitrogens is 2. The van der Waals surface area contributed by atoms with Gasteiger partial charge in [-0.3, -0.25) is 0 Å². The summed E-state index contributed by atoms with van der Waals surface area (Å²) in [5.41, 5.74) is 7.35. The lowest BCUT2D eigenvalue weighted by molar-refractivity contribution is 0.0699. The highest BCUT2D eigenvalue weighted by molar-refractivity contribution is 6.01. The highest BCUT2D eigenvalue weighted by Crippen LogP contribution is 2.39. The van der Waals surface area contributed by atoms with Crippen molar-refractivity contribution in [3.05, 3.63) is 29.6 Å². The second kappa shape index (κ2) is 3.56. The minimum Gasteiger partial charge on any atom is -0.478 e. The minimum absolute atomic E-state index is 0.247. The lowest BCUT2D eigenvalue weighted by Crippen LogP contribution is -2.06. The van der Waals surface area contributed by atoms with Crippen LogP contribution in [0.25, 0.3) is 11.0 Å². The van der Waals surface area contributed by atoms with Crippen LogP contribution in [0.15, 0.2) is 18.2 Å². The van der Waals surface area contributed by atoms with Gasteiger partial charge >= 0.3 is 5.97 Å². The zero-order valence-corrected chi connectivity index (χ0v) is 9.26. The molecule has 2 aromatic rings. The lowest BCUT2D eigenvalue weighted by atomic mass is 10.2. The molecule has 1 saturated carbocycles. The van der Waals surface area contributed by atoms with Crippen molar-refractivity contribution in [2.45, 2.75) is 25.4 Å². The van der Waals surface area contributed by atoms with Gasteiger partial charge in [-0.05, 0) is 25.0 Å². The van der Waals surface area contributed by atoms with Crippen molar-refractivity contribution < 1.29 is 9.90 Å². The van der Waals surface area contributed by atoms with Crippen molar-refractivity contribution in [3.63, 3.8) is 0 Å². The molecule has 88 valence electrons. The third-order valence-corrected chi connectivity index (χ3v) is 3.12. The summed E-state index contributed by atoms with van der Waals surface area (Å²) in [6, 6.07) is 5.69. The summed E-state index contributed by atoms with van der Waals surface area (Å²) in [5, 5.41) is 9.13. The van der Waals surface area contributed by atoms with Gasteiger partial charge in [0.2, 0.25) is 0 Å². The molecule has 0 saturated heterocycles. The fraction of sp³-hybridized carbons (Fsp3) is 0.333. The van der Waals surface area contributed by atoms with Gasteiger partial charge in [-0.2, -0.15) is 0 Å². The van der Waals surface area contributed by atoms with Crippen molar-refractivity contribution in [3.8, 4) is 0 Å². The Hall–Kier alpha value is -1.88. The third kappa shape index (κ3) is 1.51. The van der Waals surface area contributed by atoms with E-state index in [4.69, 9.17) is 10.8 Å². The molecule has 3 N–H and O–H groups in total. The zero-order chi connectivity index (χ0) is 12.0. The summed E-state index contributed by atoms with van der Waals surface area (Å²) in [6.45, 7) is 0.338. The van der Waals surface area contributed by atoms with Crippen LogP contribution in [-0.4, -0.2) is 20.6 Å². The molecule has 0 bridgehead atoms. The first-order valence-electron chi connectivity index (χ1n) is 5.65. The molecular formula is C12H13N3O2. The number of para-hydroxylation sites is 1. The van der Waals surface area contributed by atoms with E-state index in [1.807, 2.05) is 6.07 Å². The van der Waals surface area contributed by atoms with Gasteiger partial charge < -0.3 is 15.4 Å². The molecule has 1 aliphatic carbocycles. The van der Waals surface area contributed by atoms with Gasteiger partial charge in [0.05, 0.1) is 17.6 Å². The summed E-state index contributed by atoms with van der Waals surface area (Å²) in [5.74, 6) is -0.171. The molecule has 0 aliphatic heterocycles. The summed E-state index contributed by atoms with van der Waals surface area (Å²) < 4.78 is 2.09. The van der Waals surface area contributed by atoms with Crippen LogP contribution in [0.4, 0.5) is 0 Å². The van der Waals surface area contributed by atoms with Crippen LogP contribution in [0.2, 0.25) is 0 Å². The molecule has 5 heteroatoms. The van der Waals surface area contributed by atoms with Crippen LogP contribution in [0.1, 0.15) is 35.1 Å². The number of carboxylic acid groups (broad SMARTS) is 1. The van der Waals surface area contributed by atoms with Gasteiger partial charge in [-0.25, -0.2) is 9.78 Å². The van der Waals surface area contributed by atoms with Gasteiger partial charge in [0.1, 0.15) is 11.3 Å². The predicted octanol–water partition coefficient (Wildman–Crippen LogP) is 1.53. The number of nitrogens with zero attached hydrogens (tertiary/aromatic N) is 2. The molecule has 1 aromatic heterocycles. The van der Waals surface area contributed by atoms with Crippen LogP contribution < -0.4 is 5.73 Å². The zero-order valence-electron chi connectivity index (χ0n) is 9.26. The third-order valence-electron chi connectivity index (χ3n) is 3.12. The van der Waals surface area contributed by atoms with Gasteiger partial charge in [0.15, 0.2) is 0 Å². The normalized spacial score (nSPS) is 15.4. The van der Waals surface area contributed by atoms with Crippen LogP contribution >= 0.6 is 0 Å². The number of fused-ring (bicyclic) bond motifs is 1. The molecule has 1 fully saturated rings. The molecule has 3 rings (SSSR count). The van der Waals surface area contributed by atoms with E-state index in [1.165, 1.54) is 0 Å². The number of carbonyl (C=O) groups is 1. The molecule has 0 spiro atoms. The van der Waals surface area contributed by atoms with E-state index >= 15 is 0 Å². The van der Waals surface area contributed by atoms with Crippen molar-refractivity contribution in [2.24, 2.45) is 5.73 Å². The monoisotopic (exact) mass is 231 g/mol. The molecule has 0 radical (unpaired) electrons. The van der Waals surface area contributed by atoms with Gasteiger partial charge in [-0.15, -0.1) is 0 Å². The fourth-order valence-corrected chi connectivity index (χ4v) is 2.22. The maximum atomic E-state index is 11.1. The Morgan fingerprint density at radius 2 is 2.29 bits per heavy atom. The maximum Gasteiger partial charge on any atom is 0.337 e. The highest BCUT2D eigenvalue weighted by atomic mass is 16.4. The summed E-state index contributed by atoms with van der Waals surface area (Å²) >= 11 is 0. The van der Waals surface area contributed by atoms with Gasteiger partial charge in [0.25, 0.3) is 0 Å². The minimum atomic E-state index is -0.945. The van der Waals surface area contributed by atoms with E-state index in [0.717, 1.165) is 24.2 Å². The second-order valence-electron chi connectivity index (χ2n) is 4.31. The first-order valence-corrected chi connectivity index (χ1v) is 5.65. The Morgan fingerprint density at radius 1 is 1.53 bits per heavy atom. The van der Waals surface area contributed by atoms with E-state index in [9.17, 15) is 4.79 Å². The predicted molar refractivity (Wildman–Crippen MR) is 62.9 cm³/mol. The smallest absolute Gasteiger partial charge is 0.337 e. The van der Waals surface area contributed by atoms with E-state index in [0.29, 0.717) is 18.1 Å². The second-order valence-corrected chi connectivity index (χ2v) is 4.31. The Labute approximate surface area is 97.9 Å². The standard InChI is InChI=1S/C12H13N3O2/c13-6-10-14-11-8(12(16)17)2-1-3-9(11)15(10)7-4-5-7/h1-3,7H,4-6,13H2,(H,16,17). The van der Waals surface area contributed by atoms with Gasteiger partial charge in [0, 0.05) is 6.04 Å². The molecule has 1 aliphatic rings. The Kier molecular flexibility index (Phi) is 2.16. The van der Waals surface area contributed by atoms with Crippen LogP contribution in [-0.2, 0) is 6.54 Å². The van der Waals surface area contributed by atoms with Crippen molar-refractivity contribution in [2.75, 3.05) is 0 Å². The van der Waals surface area contributed by atoms with E-state index < -0.39 is 5.97 Å². The number of hydrogen-bond acceptors (Lipinski definition) is 3. The first-order chi connectivity index (χ1) is 8.22. The molecular weight excluding hydrogens is 218 g/mol. The number of hydrogen-bond donors (Lipinski definition) is 2. The number of benzene rings is 1. The van der Waals surface area contributed by atoms with Gasteiger partial charge in [-0.1, -0.05) is 6.07 Å². The average molecular weight is 231 g/mol. The summed E-state index contributed by atoms with van der Waals surface area (Å²) in [6.07, 6.45) is 2.24. The number of carboxylic acids is 1. The van der Waals surface area contributed by atoms with Crippen LogP contribution in [0, 0.1) is 0 Å². The van der Waals surface area contributed by atoms with E-state index in [2.05, 4.69) is 9.55 Å². The maximum absolute atomic E-state index is 11.1. The Balaban J connectivity index is 2.32. The topological polar surface area (TPSA) is 81.1 Å².